The molecule has 3 rings (SSSR count). The van der Waals surface area contributed by atoms with Gasteiger partial charge >= 0.3 is 5.97 Å². The van der Waals surface area contributed by atoms with Crippen LogP contribution in [0.1, 0.15) is 42.5 Å². The molecule has 0 spiro atoms. The van der Waals surface area contributed by atoms with Crippen molar-refractivity contribution in [1.29, 1.82) is 0 Å². The zero-order valence-electron chi connectivity index (χ0n) is 15.9. The van der Waals surface area contributed by atoms with Crippen LogP contribution in [-0.2, 0) is 6.42 Å². The summed E-state index contributed by atoms with van der Waals surface area (Å²) < 4.78 is 11.2. The van der Waals surface area contributed by atoms with E-state index in [1.165, 1.54) is 6.07 Å². The molecule has 4 atom stereocenters. The maximum absolute atomic E-state index is 10.9. The third-order valence-electron chi connectivity index (χ3n) is 5.65. The second-order valence-electron chi connectivity index (χ2n) is 7.51. The lowest BCUT2D eigenvalue weighted by atomic mass is 9.85. The van der Waals surface area contributed by atoms with Crippen LogP contribution in [0, 0.1) is 24.3 Å². The van der Waals surface area contributed by atoms with Crippen molar-refractivity contribution in [3.8, 4) is 11.5 Å². The molecule has 1 saturated carbocycles. The summed E-state index contributed by atoms with van der Waals surface area (Å²) in [7, 11) is 0. The smallest absolute Gasteiger partial charge is 0.371 e. The highest BCUT2D eigenvalue weighted by atomic mass is 16.5. The second kappa shape index (κ2) is 8.83. The average Bonchev–Trinajstić information content (AvgIpc) is 3.25. The highest BCUT2D eigenvalue weighted by Gasteiger charge is 2.45. The van der Waals surface area contributed by atoms with E-state index in [0.717, 1.165) is 19.3 Å². The molecule has 148 valence electrons. The van der Waals surface area contributed by atoms with Crippen molar-refractivity contribution in [2.45, 2.75) is 38.6 Å². The third kappa shape index (κ3) is 4.66. The minimum atomic E-state index is -1.06. The van der Waals surface area contributed by atoms with Gasteiger partial charge in [0.05, 0.1) is 12.5 Å². The van der Waals surface area contributed by atoms with Crippen LogP contribution in [0.15, 0.2) is 40.8 Å². The number of phenols is 1. The fourth-order valence-corrected chi connectivity index (χ4v) is 4.22. The van der Waals surface area contributed by atoms with E-state index in [-0.39, 0.29) is 23.5 Å². The summed E-state index contributed by atoms with van der Waals surface area (Å²) in [6, 6.07) is 9.86. The van der Waals surface area contributed by atoms with Crippen LogP contribution in [0.25, 0.3) is 4.85 Å². The molecule has 1 fully saturated rings. The molecule has 1 heterocycles. The number of phenolic OH excluding ortho intramolecular Hbond substituents is 1. The molecule has 0 radical (unpaired) electrons. The van der Waals surface area contributed by atoms with E-state index >= 15 is 0 Å². The van der Waals surface area contributed by atoms with Gasteiger partial charge in [-0.1, -0.05) is 13.0 Å². The zero-order valence-corrected chi connectivity index (χ0v) is 15.9. The maximum Gasteiger partial charge on any atom is 0.371 e. The SMILES string of the molecule is [C-]#[N+]C1CC(C)[C@H](CCCc2ccc(C(=O)O)o2)[C@H]1COc1cccc(O)c1. The second-order valence-corrected chi connectivity index (χ2v) is 7.51. The number of rotatable bonds is 8. The molecule has 1 aromatic carbocycles. The molecule has 2 unspecified atom stereocenters. The lowest BCUT2D eigenvalue weighted by Gasteiger charge is -2.22. The first-order chi connectivity index (χ1) is 13.5. The Morgan fingerprint density at radius 1 is 1.32 bits per heavy atom. The van der Waals surface area contributed by atoms with Crippen LogP contribution >= 0.6 is 0 Å². The molecule has 6 nitrogen and oxygen atoms in total. The lowest BCUT2D eigenvalue weighted by Crippen LogP contribution is -2.25. The standard InChI is InChI=1S/C22H25NO5/c1-14-11-20(23-2)19(13-27-17-7-3-5-15(24)12-17)18(14)8-4-6-16-9-10-21(28-16)22(25)26/h3,5,7,9-10,12,14,18-20,24H,4,6,8,11,13H2,1H3,(H,25,26)/t14?,18-,19+,20?/m0/s1. The van der Waals surface area contributed by atoms with Crippen LogP contribution in [0.2, 0.25) is 0 Å². The zero-order chi connectivity index (χ0) is 20.1. The number of carboxylic acids is 1. The molecule has 28 heavy (non-hydrogen) atoms. The Hall–Kier alpha value is -2.94. The number of hydrogen-bond acceptors (Lipinski definition) is 4. The average molecular weight is 383 g/mol. The first-order valence-corrected chi connectivity index (χ1v) is 9.58. The molecule has 0 aliphatic heterocycles. The Morgan fingerprint density at radius 2 is 2.14 bits per heavy atom. The van der Waals surface area contributed by atoms with Crippen LogP contribution in [-0.4, -0.2) is 28.8 Å². The number of carboxylic acid groups (broad SMARTS) is 1. The molecule has 1 aromatic heterocycles. The number of aryl methyl sites for hydroxylation is 1. The first kappa shape index (κ1) is 19.8. The Balaban J connectivity index is 1.58. The van der Waals surface area contributed by atoms with Crippen molar-refractivity contribution in [3.05, 3.63) is 59.3 Å². The number of carbonyl (C=O) groups is 1. The van der Waals surface area contributed by atoms with E-state index in [0.29, 0.717) is 36.4 Å². The van der Waals surface area contributed by atoms with Gasteiger partial charge in [0, 0.05) is 18.9 Å². The highest BCUT2D eigenvalue weighted by Crippen LogP contribution is 2.42. The summed E-state index contributed by atoms with van der Waals surface area (Å²) >= 11 is 0. The molecule has 1 aliphatic rings. The van der Waals surface area contributed by atoms with Crippen molar-refractivity contribution in [2.24, 2.45) is 17.8 Å². The van der Waals surface area contributed by atoms with Crippen molar-refractivity contribution >= 4 is 5.97 Å². The van der Waals surface area contributed by atoms with Crippen LogP contribution < -0.4 is 4.74 Å². The summed E-state index contributed by atoms with van der Waals surface area (Å²) in [5, 5.41) is 18.5. The Labute approximate surface area is 164 Å². The Kier molecular flexibility index (Phi) is 6.25. The van der Waals surface area contributed by atoms with Gasteiger partial charge in [-0.05, 0) is 48.9 Å². The Morgan fingerprint density at radius 3 is 2.82 bits per heavy atom. The van der Waals surface area contributed by atoms with Crippen molar-refractivity contribution in [2.75, 3.05) is 6.61 Å². The monoisotopic (exact) mass is 383 g/mol. The summed E-state index contributed by atoms with van der Waals surface area (Å²) in [5.74, 6) is 1.30. The fourth-order valence-electron chi connectivity index (χ4n) is 4.22. The molecule has 0 bridgehead atoms. The Bertz CT molecular complexity index is 853. The van der Waals surface area contributed by atoms with Gasteiger partial charge in [0.2, 0.25) is 11.8 Å². The van der Waals surface area contributed by atoms with Gasteiger partial charge in [0.25, 0.3) is 0 Å². The van der Waals surface area contributed by atoms with E-state index in [1.807, 2.05) is 0 Å². The molecular weight excluding hydrogens is 358 g/mol. The predicted molar refractivity (Wildman–Crippen MR) is 103 cm³/mol. The fraction of sp³-hybridized carbons (Fsp3) is 0.455. The maximum atomic E-state index is 10.9. The van der Waals surface area contributed by atoms with E-state index in [9.17, 15) is 9.90 Å². The number of ether oxygens (including phenoxy) is 1. The number of aromatic hydroxyl groups is 1. The first-order valence-electron chi connectivity index (χ1n) is 9.58. The van der Waals surface area contributed by atoms with E-state index in [2.05, 4.69) is 11.8 Å². The summed E-state index contributed by atoms with van der Waals surface area (Å²) in [6.07, 6.45) is 3.35. The minimum absolute atomic E-state index is 0.0327. The van der Waals surface area contributed by atoms with Crippen molar-refractivity contribution < 1.29 is 24.2 Å². The molecule has 1 aliphatic carbocycles. The third-order valence-corrected chi connectivity index (χ3v) is 5.65. The summed E-state index contributed by atoms with van der Waals surface area (Å²) in [5.41, 5.74) is 0. The van der Waals surface area contributed by atoms with E-state index < -0.39 is 5.97 Å². The molecular formula is C22H25NO5. The van der Waals surface area contributed by atoms with Gasteiger partial charge in [-0.15, -0.1) is 0 Å². The quantitative estimate of drug-likeness (QED) is 0.649. The number of furan rings is 1. The van der Waals surface area contributed by atoms with Crippen LogP contribution in [0.4, 0.5) is 0 Å². The molecule has 0 amide bonds. The number of hydrogen-bond donors (Lipinski definition) is 2. The van der Waals surface area contributed by atoms with Gasteiger partial charge in [-0.25, -0.2) is 11.4 Å². The van der Waals surface area contributed by atoms with E-state index in [1.54, 1.807) is 30.3 Å². The van der Waals surface area contributed by atoms with Gasteiger partial charge in [0.1, 0.15) is 17.3 Å². The highest BCUT2D eigenvalue weighted by molar-refractivity contribution is 5.84. The molecule has 2 N–H and O–H groups in total. The topological polar surface area (TPSA) is 84.3 Å². The van der Waals surface area contributed by atoms with E-state index in [4.69, 9.17) is 20.8 Å². The van der Waals surface area contributed by atoms with Gasteiger partial charge in [-0.3, -0.25) is 0 Å². The molecule has 6 heteroatoms. The van der Waals surface area contributed by atoms with Gasteiger partial charge in [-0.2, -0.15) is 0 Å². The number of benzene rings is 1. The minimum Gasteiger partial charge on any atom is -0.508 e. The number of aromatic carboxylic acids is 1. The number of nitrogens with zero attached hydrogens (tertiary/aromatic N) is 1. The van der Waals surface area contributed by atoms with Gasteiger partial charge < -0.3 is 24.2 Å². The summed E-state index contributed by atoms with van der Waals surface area (Å²) in [6.45, 7) is 10.2. The van der Waals surface area contributed by atoms with Crippen LogP contribution in [0.5, 0.6) is 11.5 Å². The largest absolute Gasteiger partial charge is 0.508 e. The van der Waals surface area contributed by atoms with Gasteiger partial charge in [0.15, 0.2) is 0 Å². The van der Waals surface area contributed by atoms with Crippen molar-refractivity contribution in [3.63, 3.8) is 0 Å². The normalized spacial score (nSPS) is 24.0. The molecule has 0 saturated heterocycles. The van der Waals surface area contributed by atoms with Crippen LogP contribution in [0.3, 0.4) is 0 Å². The predicted octanol–water partition coefficient (Wildman–Crippen LogP) is 4.65. The van der Waals surface area contributed by atoms with Crippen molar-refractivity contribution in [1.82, 2.24) is 0 Å². The lowest BCUT2D eigenvalue weighted by molar-refractivity contribution is 0.0660. The molecule has 2 aromatic rings. The summed E-state index contributed by atoms with van der Waals surface area (Å²) in [4.78, 5) is 14.7.